The Bertz CT molecular complexity index is 293. The zero-order valence-corrected chi connectivity index (χ0v) is 12.3. The zero-order valence-electron chi connectivity index (χ0n) is 12.3. The molecule has 2 rings (SSSR count). The summed E-state index contributed by atoms with van der Waals surface area (Å²) in [5.74, 6) is 0.692. The van der Waals surface area contributed by atoms with Crippen molar-refractivity contribution in [3.05, 3.63) is 0 Å². The number of hydroxylamine groups is 2. The number of hydrogen-bond acceptors (Lipinski definition) is 4. The predicted octanol–water partition coefficient (Wildman–Crippen LogP) is 2.31. The lowest BCUT2D eigenvalue weighted by Crippen LogP contribution is -2.48. The van der Waals surface area contributed by atoms with Crippen molar-refractivity contribution in [2.45, 2.75) is 64.5 Å². The summed E-state index contributed by atoms with van der Waals surface area (Å²) >= 11 is 0. The van der Waals surface area contributed by atoms with Gasteiger partial charge >= 0.3 is 0 Å². The van der Waals surface area contributed by atoms with Crippen LogP contribution >= 0.6 is 0 Å². The van der Waals surface area contributed by atoms with Gasteiger partial charge in [0.2, 0.25) is 0 Å². The molecule has 1 aliphatic heterocycles. The van der Waals surface area contributed by atoms with Crippen molar-refractivity contribution in [3.63, 3.8) is 0 Å². The van der Waals surface area contributed by atoms with Gasteiger partial charge in [0.25, 0.3) is 0 Å². The minimum absolute atomic E-state index is 0.321. The summed E-state index contributed by atoms with van der Waals surface area (Å²) in [6.07, 6.45) is 6.62. The van der Waals surface area contributed by atoms with Crippen LogP contribution in [0.1, 0.15) is 52.4 Å². The Labute approximate surface area is 116 Å². The fourth-order valence-corrected chi connectivity index (χ4v) is 3.65. The number of Topliss-reactive ketones (excluding diaryl/α,β-unsaturated/α-hetero) is 1. The quantitative estimate of drug-likeness (QED) is 0.795. The summed E-state index contributed by atoms with van der Waals surface area (Å²) in [4.78, 5) is 14.0. The van der Waals surface area contributed by atoms with Gasteiger partial charge in [-0.15, -0.1) is 0 Å². The smallest absolute Gasteiger partial charge is 0.132 e. The number of carbonyl (C=O) groups excluding carboxylic acids is 1. The standard InChI is InChI=1S/C15H28N2O2/c1-3-17(19)15-8-10-16(11-9-15)14-6-4-13(5-7-14)12(2)18/h13-15,19H,3-11H2,1-2H3. The van der Waals surface area contributed by atoms with Gasteiger partial charge in [-0.25, -0.2) is 0 Å². The molecule has 1 saturated heterocycles. The Kier molecular flexibility index (Phi) is 5.37. The lowest BCUT2D eigenvalue weighted by Gasteiger charge is -2.41. The molecule has 0 aromatic heterocycles. The lowest BCUT2D eigenvalue weighted by molar-refractivity contribution is -0.137. The van der Waals surface area contributed by atoms with Crippen molar-refractivity contribution in [3.8, 4) is 0 Å². The largest absolute Gasteiger partial charge is 0.314 e. The topological polar surface area (TPSA) is 43.8 Å². The van der Waals surface area contributed by atoms with Crippen LogP contribution in [0.3, 0.4) is 0 Å². The molecule has 0 aromatic carbocycles. The highest BCUT2D eigenvalue weighted by Gasteiger charge is 2.31. The molecule has 0 amide bonds. The third-order valence-corrected chi connectivity index (χ3v) is 5.03. The molecule has 4 nitrogen and oxygen atoms in total. The summed E-state index contributed by atoms with van der Waals surface area (Å²) in [5, 5.41) is 11.2. The minimum atomic E-state index is 0.321. The van der Waals surface area contributed by atoms with E-state index in [0.717, 1.165) is 38.8 Å². The Morgan fingerprint density at radius 2 is 1.74 bits per heavy atom. The Morgan fingerprint density at radius 3 is 2.21 bits per heavy atom. The van der Waals surface area contributed by atoms with Gasteiger partial charge < -0.3 is 10.1 Å². The Morgan fingerprint density at radius 1 is 1.16 bits per heavy atom. The fraction of sp³-hybridized carbons (Fsp3) is 0.933. The highest BCUT2D eigenvalue weighted by molar-refractivity contribution is 5.78. The van der Waals surface area contributed by atoms with Gasteiger partial charge in [0.15, 0.2) is 0 Å². The lowest BCUT2D eigenvalue weighted by atomic mass is 9.82. The van der Waals surface area contributed by atoms with Gasteiger partial charge in [-0.2, -0.15) is 5.06 Å². The van der Waals surface area contributed by atoms with E-state index in [-0.39, 0.29) is 0 Å². The van der Waals surface area contributed by atoms with Crippen LogP contribution in [-0.2, 0) is 4.79 Å². The second-order valence-corrected chi connectivity index (χ2v) is 6.14. The molecule has 1 aliphatic carbocycles. The minimum Gasteiger partial charge on any atom is -0.314 e. The first-order chi connectivity index (χ1) is 9.11. The van der Waals surface area contributed by atoms with E-state index in [4.69, 9.17) is 0 Å². The van der Waals surface area contributed by atoms with E-state index in [2.05, 4.69) is 4.90 Å². The van der Waals surface area contributed by atoms with Crippen molar-refractivity contribution < 1.29 is 10.0 Å². The number of hydrogen-bond donors (Lipinski definition) is 1. The number of nitrogens with zero attached hydrogens (tertiary/aromatic N) is 2. The molecular weight excluding hydrogens is 240 g/mol. The maximum atomic E-state index is 11.4. The molecule has 2 aliphatic rings. The number of carbonyl (C=O) groups is 1. The molecular formula is C15H28N2O2. The zero-order chi connectivity index (χ0) is 13.8. The van der Waals surface area contributed by atoms with Crippen molar-refractivity contribution >= 4 is 5.78 Å². The SMILES string of the molecule is CCN(O)C1CCN(C2CCC(C(C)=O)CC2)CC1. The van der Waals surface area contributed by atoms with Gasteiger partial charge in [-0.1, -0.05) is 6.92 Å². The van der Waals surface area contributed by atoms with Crippen molar-refractivity contribution in [2.24, 2.45) is 5.92 Å². The van der Waals surface area contributed by atoms with E-state index in [1.54, 1.807) is 6.92 Å². The van der Waals surface area contributed by atoms with Crippen LogP contribution in [0.15, 0.2) is 0 Å². The molecule has 0 aromatic rings. The van der Waals surface area contributed by atoms with Crippen LogP contribution in [-0.4, -0.2) is 52.7 Å². The monoisotopic (exact) mass is 268 g/mol. The highest BCUT2D eigenvalue weighted by Crippen LogP contribution is 2.30. The highest BCUT2D eigenvalue weighted by atomic mass is 16.5. The number of piperidine rings is 1. The fourth-order valence-electron chi connectivity index (χ4n) is 3.65. The first-order valence-electron chi connectivity index (χ1n) is 7.81. The van der Waals surface area contributed by atoms with Gasteiger partial charge in [0.1, 0.15) is 5.78 Å². The molecule has 0 radical (unpaired) electrons. The molecule has 1 heterocycles. The molecule has 2 fully saturated rings. The van der Waals surface area contributed by atoms with E-state index < -0.39 is 0 Å². The molecule has 0 atom stereocenters. The van der Waals surface area contributed by atoms with E-state index in [9.17, 15) is 10.0 Å². The third kappa shape index (κ3) is 3.77. The Balaban J connectivity index is 1.75. The maximum absolute atomic E-state index is 11.4. The number of likely N-dealkylation sites (tertiary alicyclic amines) is 1. The van der Waals surface area contributed by atoms with Crippen LogP contribution in [0.4, 0.5) is 0 Å². The average Bonchev–Trinajstić information content (AvgIpc) is 2.46. The first kappa shape index (κ1) is 14.9. The Hall–Kier alpha value is -0.450. The van der Waals surface area contributed by atoms with Crippen LogP contribution in [0.5, 0.6) is 0 Å². The second-order valence-electron chi connectivity index (χ2n) is 6.14. The summed E-state index contributed by atoms with van der Waals surface area (Å²) in [6.45, 7) is 6.63. The number of ketones is 1. The first-order valence-corrected chi connectivity index (χ1v) is 7.81. The van der Waals surface area contributed by atoms with E-state index in [1.807, 2.05) is 6.92 Å². The summed E-state index contributed by atoms with van der Waals surface area (Å²) in [6, 6.07) is 1.01. The molecule has 19 heavy (non-hydrogen) atoms. The molecule has 1 N–H and O–H groups in total. The molecule has 0 unspecified atom stereocenters. The van der Waals surface area contributed by atoms with E-state index in [1.165, 1.54) is 17.9 Å². The van der Waals surface area contributed by atoms with Gasteiger partial charge in [-0.05, 0) is 45.4 Å². The average molecular weight is 268 g/mol. The molecule has 4 heteroatoms. The van der Waals surface area contributed by atoms with Crippen LogP contribution in [0, 0.1) is 5.92 Å². The van der Waals surface area contributed by atoms with Gasteiger partial charge in [-0.3, -0.25) is 4.79 Å². The van der Waals surface area contributed by atoms with E-state index in [0.29, 0.717) is 30.3 Å². The third-order valence-electron chi connectivity index (χ3n) is 5.03. The van der Waals surface area contributed by atoms with Crippen LogP contribution in [0.25, 0.3) is 0 Å². The predicted molar refractivity (Wildman–Crippen MR) is 75.2 cm³/mol. The summed E-state index contributed by atoms with van der Waals surface area (Å²) in [7, 11) is 0. The molecule has 1 saturated carbocycles. The van der Waals surface area contributed by atoms with Crippen molar-refractivity contribution in [1.29, 1.82) is 0 Å². The normalized spacial score (nSPS) is 30.7. The second kappa shape index (κ2) is 6.82. The van der Waals surface area contributed by atoms with Crippen molar-refractivity contribution in [2.75, 3.05) is 19.6 Å². The van der Waals surface area contributed by atoms with Crippen molar-refractivity contribution in [1.82, 2.24) is 9.96 Å². The summed E-state index contributed by atoms with van der Waals surface area (Å²) < 4.78 is 0. The number of rotatable bonds is 4. The van der Waals surface area contributed by atoms with Crippen LogP contribution in [0.2, 0.25) is 0 Å². The van der Waals surface area contributed by atoms with Crippen LogP contribution < -0.4 is 0 Å². The molecule has 110 valence electrons. The summed E-state index contributed by atoms with van der Waals surface area (Å²) in [5.41, 5.74) is 0. The molecule has 0 spiro atoms. The van der Waals surface area contributed by atoms with E-state index >= 15 is 0 Å². The molecule has 0 bridgehead atoms. The van der Waals surface area contributed by atoms with Gasteiger partial charge in [0, 0.05) is 37.6 Å². The van der Waals surface area contributed by atoms with Gasteiger partial charge in [0.05, 0.1) is 0 Å². The maximum Gasteiger partial charge on any atom is 0.132 e.